The summed E-state index contributed by atoms with van der Waals surface area (Å²) >= 11 is 0. The summed E-state index contributed by atoms with van der Waals surface area (Å²) in [4.78, 5) is 0. The van der Waals surface area contributed by atoms with Gasteiger partial charge in [-0.1, -0.05) is 38.5 Å². The van der Waals surface area contributed by atoms with Gasteiger partial charge in [-0.15, -0.1) is 6.58 Å². The van der Waals surface area contributed by atoms with Crippen LogP contribution in [0.5, 0.6) is 0 Å². The fourth-order valence-electron chi connectivity index (χ4n) is 3.15. The molecule has 92 valence electrons. The van der Waals surface area contributed by atoms with Gasteiger partial charge in [0.05, 0.1) is 0 Å². The van der Waals surface area contributed by atoms with Crippen molar-refractivity contribution in [1.29, 1.82) is 0 Å². The molecule has 1 rings (SSSR count). The van der Waals surface area contributed by atoms with Gasteiger partial charge in [-0.2, -0.15) is 0 Å². The largest absolute Gasteiger partial charge is 0.103 e. The van der Waals surface area contributed by atoms with Crippen molar-refractivity contribution >= 4 is 0 Å². The lowest BCUT2D eigenvalue weighted by Gasteiger charge is -2.31. The summed E-state index contributed by atoms with van der Waals surface area (Å²) < 4.78 is 0. The normalized spacial score (nSPS) is 30.0. The topological polar surface area (TPSA) is 0 Å². The molecule has 0 aromatic rings. The van der Waals surface area contributed by atoms with Crippen LogP contribution in [0, 0.1) is 11.3 Å². The van der Waals surface area contributed by atoms with Crippen LogP contribution in [-0.2, 0) is 0 Å². The highest BCUT2D eigenvalue weighted by Crippen LogP contribution is 2.48. The van der Waals surface area contributed by atoms with Crippen molar-refractivity contribution in [2.24, 2.45) is 11.3 Å². The summed E-state index contributed by atoms with van der Waals surface area (Å²) in [7, 11) is 0. The van der Waals surface area contributed by atoms with E-state index >= 15 is 0 Å². The number of hydrogen-bond donors (Lipinski definition) is 0. The Bertz CT molecular complexity index is 226. The maximum atomic E-state index is 3.90. The Morgan fingerprint density at radius 3 is 2.88 bits per heavy atom. The third-order valence-corrected chi connectivity index (χ3v) is 4.26. The van der Waals surface area contributed by atoms with E-state index in [9.17, 15) is 0 Å². The highest BCUT2D eigenvalue weighted by Gasteiger charge is 2.36. The van der Waals surface area contributed by atoms with E-state index in [1.165, 1.54) is 51.4 Å². The third-order valence-electron chi connectivity index (χ3n) is 4.26. The lowest BCUT2D eigenvalue weighted by molar-refractivity contribution is 0.206. The number of unbranched alkanes of at least 4 members (excludes halogenated alkanes) is 1. The van der Waals surface area contributed by atoms with Gasteiger partial charge in [-0.05, 0) is 56.3 Å². The Balaban J connectivity index is 2.32. The Morgan fingerprint density at radius 1 is 1.38 bits per heavy atom. The molecule has 1 aliphatic carbocycles. The molecule has 0 nitrogen and oxygen atoms in total. The van der Waals surface area contributed by atoms with Gasteiger partial charge >= 0.3 is 0 Å². The second-order valence-electron chi connectivity index (χ2n) is 5.54. The van der Waals surface area contributed by atoms with Crippen molar-refractivity contribution in [1.82, 2.24) is 0 Å². The molecule has 0 aromatic heterocycles. The van der Waals surface area contributed by atoms with E-state index in [2.05, 4.69) is 38.7 Å². The molecule has 1 unspecified atom stereocenters. The first kappa shape index (κ1) is 13.5. The van der Waals surface area contributed by atoms with Crippen LogP contribution >= 0.6 is 0 Å². The fourth-order valence-corrected chi connectivity index (χ4v) is 3.15. The molecule has 1 fully saturated rings. The van der Waals surface area contributed by atoms with Gasteiger partial charge in [0.25, 0.3) is 0 Å². The lowest BCUT2D eigenvalue weighted by atomic mass is 9.74. The van der Waals surface area contributed by atoms with Crippen LogP contribution in [0.2, 0.25) is 0 Å². The van der Waals surface area contributed by atoms with Crippen LogP contribution in [-0.4, -0.2) is 0 Å². The van der Waals surface area contributed by atoms with Gasteiger partial charge in [0.2, 0.25) is 0 Å². The highest BCUT2D eigenvalue weighted by atomic mass is 14.4. The maximum Gasteiger partial charge on any atom is -0.0294 e. The number of allylic oxidation sites excluding steroid dienone is 3. The highest BCUT2D eigenvalue weighted by molar-refractivity contribution is 4.92. The second kappa shape index (κ2) is 6.93. The van der Waals surface area contributed by atoms with E-state index in [-0.39, 0.29) is 0 Å². The zero-order valence-corrected chi connectivity index (χ0v) is 11.2. The molecule has 0 amide bonds. The number of rotatable bonds is 7. The van der Waals surface area contributed by atoms with Gasteiger partial charge in [0, 0.05) is 0 Å². The van der Waals surface area contributed by atoms with Crippen LogP contribution < -0.4 is 0 Å². The predicted molar refractivity (Wildman–Crippen MR) is 73.5 cm³/mol. The molecule has 0 heteroatoms. The molecule has 0 aromatic carbocycles. The smallest absolute Gasteiger partial charge is 0.0294 e. The Kier molecular flexibility index (Phi) is 5.87. The zero-order chi connectivity index (χ0) is 11.9. The van der Waals surface area contributed by atoms with E-state index in [0.29, 0.717) is 5.41 Å². The van der Waals surface area contributed by atoms with Gasteiger partial charge in [-0.3, -0.25) is 0 Å². The Labute approximate surface area is 102 Å². The average molecular weight is 220 g/mol. The van der Waals surface area contributed by atoms with Crippen LogP contribution in [0.25, 0.3) is 0 Å². The van der Waals surface area contributed by atoms with E-state index in [4.69, 9.17) is 0 Å². The van der Waals surface area contributed by atoms with Crippen LogP contribution in [0.4, 0.5) is 0 Å². The molecule has 1 aliphatic rings. The van der Waals surface area contributed by atoms with E-state index in [0.717, 1.165) is 5.92 Å². The molecule has 1 saturated carbocycles. The monoisotopic (exact) mass is 220 g/mol. The third kappa shape index (κ3) is 3.81. The van der Waals surface area contributed by atoms with Crippen LogP contribution in [0.15, 0.2) is 24.8 Å². The van der Waals surface area contributed by atoms with Gasteiger partial charge in [-0.25, -0.2) is 0 Å². The summed E-state index contributed by atoms with van der Waals surface area (Å²) in [5.41, 5.74) is 0.605. The molecule has 16 heavy (non-hydrogen) atoms. The van der Waals surface area contributed by atoms with Gasteiger partial charge < -0.3 is 0 Å². The summed E-state index contributed by atoms with van der Waals surface area (Å²) in [6, 6.07) is 0. The SMILES string of the molecule is C=CCC1CCC[C@]1(C)CCC/C=C\CC. The summed E-state index contributed by atoms with van der Waals surface area (Å²) in [6.07, 6.45) is 17.5. The average Bonchev–Trinajstić information content (AvgIpc) is 2.61. The molecule has 0 N–H and O–H groups in total. The zero-order valence-electron chi connectivity index (χ0n) is 11.2. The first-order valence-electron chi connectivity index (χ1n) is 6.99. The Hall–Kier alpha value is -0.520. The molecular weight excluding hydrogens is 192 g/mol. The second-order valence-corrected chi connectivity index (χ2v) is 5.54. The maximum absolute atomic E-state index is 3.90. The summed E-state index contributed by atoms with van der Waals surface area (Å²) in [5, 5.41) is 0. The van der Waals surface area contributed by atoms with Crippen LogP contribution in [0.1, 0.15) is 65.2 Å². The standard InChI is InChI=1S/C16H28/c1-4-6-7-8-9-13-16(3)14-10-12-15(16)11-5-2/h5-7,15H,2,4,8-14H2,1,3H3/b7-6-/t15?,16-/m0/s1. The summed E-state index contributed by atoms with van der Waals surface area (Å²) in [6.45, 7) is 8.60. The van der Waals surface area contributed by atoms with Crippen molar-refractivity contribution in [2.45, 2.75) is 65.2 Å². The van der Waals surface area contributed by atoms with E-state index in [1.807, 2.05) is 0 Å². The van der Waals surface area contributed by atoms with E-state index < -0.39 is 0 Å². The van der Waals surface area contributed by atoms with Crippen molar-refractivity contribution in [3.05, 3.63) is 24.8 Å². The van der Waals surface area contributed by atoms with Crippen molar-refractivity contribution in [3.63, 3.8) is 0 Å². The molecule has 0 saturated heterocycles. The molecule has 0 heterocycles. The molecule has 0 radical (unpaired) electrons. The van der Waals surface area contributed by atoms with Crippen LogP contribution in [0.3, 0.4) is 0 Å². The minimum absolute atomic E-state index is 0.605. The van der Waals surface area contributed by atoms with Gasteiger partial charge in [0.15, 0.2) is 0 Å². The summed E-state index contributed by atoms with van der Waals surface area (Å²) in [5.74, 6) is 0.903. The first-order valence-corrected chi connectivity index (χ1v) is 6.99. The minimum Gasteiger partial charge on any atom is -0.103 e. The Morgan fingerprint density at radius 2 is 2.19 bits per heavy atom. The van der Waals surface area contributed by atoms with Crippen molar-refractivity contribution < 1.29 is 0 Å². The molecule has 0 bridgehead atoms. The van der Waals surface area contributed by atoms with Crippen molar-refractivity contribution in [2.75, 3.05) is 0 Å². The number of hydrogen-bond acceptors (Lipinski definition) is 0. The predicted octanol–water partition coefficient (Wildman–Crippen LogP) is 5.51. The fraction of sp³-hybridized carbons (Fsp3) is 0.750. The first-order chi connectivity index (χ1) is 7.73. The molecule has 0 spiro atoms. The quantitative estimate of drug-likeness (QED) is 0.392. The minimum atomic E-state index is 0.605. The van der Waals surface area contributed by atoms with Crippen molar-refractivity contribution in [3.8, 4) is 0 Å². The van der Waals surface area contributed by atoms with E-state index in [1.54, 1.807) is 0 Å². The lowest BCUT2D eigenvalue weighted by Crippen LogP contribution is -2.21. The van der Waals surface area contributed by atoms with Gasteiger partial charge in [0.1, 0.15) is 0 Å². The molecular formula is C16H28. The molecule has 0 aliphatic heterocycles. The molecule has 2 atom stereocenters.